The Morgan fingerprint density at radius 1 is 1.00 bits per heavy atom. The lowest BCUT2D eigenvalue weighted by molar-refractivity contribution is -0.124. The van der Waals surface area contributed by atoms with Gasteiger partial charge in [0.15, 0.2) is 6.61 Å². The number of ether oxygens (including phenoxy) is 1. The molecule has 28 heavy (non-hydrogen) atoms. The van der Waals surface area contributed by atoms with Gasteiger partial charge in [-0.2, -0.15) is 0 Å². The number of benzene rings is 2. The van der Waals surface area contributed by atoms with Crippen LogP contribution in [0.25, 0.3) is 0 Å². The second-order valence-electron chi connectivity index (χ2n) is 8.04. The number of aryl methyl sites for hydroxylation is 1. The Morgan fingerprint density at radius 3 is 2.25 bits per heavy atom. The fourth-order valence-corrected chi connectivity index (χ4v) is 2.73. The number of carbonyl (C=O) groups is 1. The number of amides is 1. The van der Waals surface area contributed by atoms with Crippen molar-refractivity contribution in [1.82, 2.24) is 10.6 Å². The molecule has 2 aromatic rings. The minimum atomic E-state index is -0.243. The first-order valence-electron chi connectivity index (χ1n) is 9.62. The molecule has 5 heteroatoms. The van der Waals surface area contributed by atoms with Crippen molar-refractivity contribution in [1.29, 1.82) is 0 Å². The van der Waals surface area contributed by atoms with E-state index in [1.807, 2.05) is 45.0 Å². The van der Waals surface area contributed by atoms with Crippen molar-refractivity contribution in [2.75, 3.05) is 6.61 Å². The predicted octanol–water partition coefficient (Wildman–Crippen LogP) is 4.51. The third-order valence-electron chi connectivity index (χ3n) is 4.17. The fraction of sp³-hybridized carbons (Fsp3) is 0.435. The van der Waals surface area contributed by atoms with Gasteiger partial charge < -0.3 is 15.4 Å². The summed E-state index contributed by atoms with van der Waals surface area (Å²) in [4.78, 5) is 11.8. The Labute approximate surface area is 175 Å². The Balaban J connectivity index is 0.00000392. The third kappa shape index (κ3) is 9.77. The number of nitrogens with one attached hydrogen (secondary N) is 2. The van der Waals surface area contributed by atoms with Gasteiger partial charge in [0, 0.05) is 18.1 Å². The predicted molar refractivity (Wildman–Crippen MR) is 118 cm³/mol. The first kappa shape index (κ1) is 24.0. The van der Waals surface area contributed by atoms with Crippen molar-refractivity contribution < 1.29 is 9.53 Å². The summed E-state index contributed by atoms with van der Waals surface area (Å²) in [7, 11) is 0. The maximum Gasteiger partial charge on any atom is 0.258 e. The van der Waals surface area contributed by atoms with Gasteiger partial charge in [0.2, 0.25) is 0 Å². The summed E-state index contributed by atoms with van der Waals surface area (Å²) < 4.78 is 5.55. The normalized spacial score (nSPS) is 12.0. The Kier molecular flexibility index (Phi) is 10.0. The molecule has 0 aromatic heterocycles. The highest BCUT2D eigenvalue weighted by atomic mass is 35.5. The van der Waals surface area contributed by atoms with Gasteiger partial charge in [-0.05, 0) is 63.8 Å². The van der Waals surface area contributed by atoms with Gasteiger partial charge in [-0.15, -0.1) is 12.4 Å². The van der Waals surface area contributed by atoms with Crippen LogP contribution >= 0.6 is 12.4 Å². The van der Waals surface area contributed by atoms with E-state index in [-0.39, 0.29) is 30.5 Å². The Morgan fingerprint density at radius 2 is 1.64 bits per heavy atom. The van der Waals surface area contributed by atoms with E-state index < -0.39 is 0 Å². The molecule has 1 amide bonds. The first-order valence-corrected chi connectivity index (χ1v) is 9.62. The van der Waals surface area contributed by atoms with Crippen LogP contribution in [0.1, 0.15) is 45.2 Å². The average molecular weight is 405 g/mol. The standard InChI is InChI=1S/C23H32N2O2.ClH/c1-18(10-11-19-8-6-5-7-9-19)24-16-20-12-14-21(15-13-20)27-17-22(26)25-23(2,3)4;/h5-9,12-15,18,24H,10-11,16-17H2,1-4H3,(H,25,26);1H. The van der Waals surface area contributed by atoms with Crippen molar-refractivity contribution in [3.63, 3.8) is 0 Å². The van der Waals surface area contributed by atoms with E-state index in [2.05, 4.69) is 47.9 Å². The zero-order valence-electron chi connectivity index (χ0n) is 17.3. The highest BCUT2D eigenvalue weighted by molar-refractivity contribution is 5.85. The van der Waals surface area contributed by atoms with E-state index in [0.717, 1.165) is 19.4 Å². The monoisotopic (exact) mass is 404 g/mol. The van der Waals surface area contributed by atoms with E-state index in [1.54, 1.807) is 0 Å². The SMILES string of the molecule is CC(CCc1ccccc1)NCc1ccc(OCC(=O)NC(C)(C)C)cc1.Cl. The summed E-state index contributed by atoms with van der Waals surface area (Å²) >= 11 is 0. The number of hydrogen-bond donors (Lipinski definition) is 2. The van der Waals surface area contributed by atoms with Gasteiger partial charge >= 0.3 is 0 Å². The molecule has 0 radical (unpaired) electrons. The lowest BCUT2D eigenvalue weighted by atomic mass is 10.1. The smallest absolute Gasteiger partial charge is 0.258 e. The summed E-state index contributed by atoms with van der Waals surface area (Å²) in [6.45, 7) is 8.93. The molecule has 0 saturated carbocycles. The van der Waals surface area contributed by atoms with Crippen LogP contribution in [0.2, 0.25) is 0 Å². The molecule has 154 valence electrons. The number of rotatable bonds is 9. The van der Waals surface area contributed by atoms with Gasteiger partial charge in [0.1, 0.15) is 5.75 Å². The molecular weight excluding hydrogens is 372 g/mol. The molecule has 2 rings (SSSR count). The maximum absolute atomic E-state index is 11.8. The molecule has 0 aliphatic rings. The lowest BCUT2D eigenvalue weighted by Gasteiger charge is -2.20. The minimum Gasteiger partial charge on any atom is -0.484 e. The fourth-order valence-electron chi connectivity index (χ4n) is 2.73. The molecular formula is C23H33ClN2O2. The quantitative estimate of drug-likeness (QED) is 0.646. The third-order valence-corrected chi connectivity index (χ3v) is 4.17. The molecule has 0 aliphatic carbocycles. The molecule has 1 atom stereocenters. The van der Waals surface area contributed by atoms with Gasteiger partial charge in [-0.3, -0.25) is 4.79 Å². The van der Waals surface area contributed by atoms with Crippen molar-refractivity contribution in [2.24, 2.45) is 0 Å². The van der Waals surface area contributed by atoms with Gasteiger partial charge in [-0.1, -0.05) is 42.5 Å². The summed E-state index contributed by atoms with van der Waals surface area (Å²) in [5.74, 6) is 0.598. The second kappa shape index (κ2) is 11.7. The van der Waals surface area contributed by atoms with E-state index in [9.17, 15) is 4.79 Å². The topological polar surface area (TPSA) is 50.4 Å². The van der Waals surface area contributed by atoms with Crippen LogP contribution in [0.4, 0.5) is 0 Å². The first-order chi connectivity index (χ1) is 12.8. The van der Waals surface area contributed by atoms with Crippen molar-refractivity contribution in [3.05, 3.63) is 65.7 Å². The van der Waals surface area contributed by atoms with E-state index >= 15 is 0 Å². The molecule has 0 spiro atoms. The lowest BCUT2D eigenvalue weighted by Crippen LogP contribution is -2.43. The molecule has 0 saturated heterocycles. The molecule has 2 N–H and O–H groups in total. The largest absolute Gasteiger partial charge is 0.484 e. The second-order valence-corrected chi connectivity index (χ2v) is 8.04. The zero-order valence-corrected chi connectivity index (χ0v) is 18.1. The van der Waals surface area contributed by atoms with Crippen LogP contribution in [-0.4, -0.2) is 24.1 Å². The average Bonchev–Trinajstić information content (AvgIpc) is 2.63. The van der Waals surface area contributed by atoms with E-state index in [1.165, 1.54) is 11.1 Å². The van der Waals surface area contributed by atoms with Crippen LogP contribution in [-0.2, 0) is 17.8 Å². The molecule has 0 heterocycles. The van der Waals surface area contributed by atoms with Crippen molar-refractivity contribution in [3.8, 4) is 5.75 Å². The summed E-state index contributed by atoms with van der Waals surface area (Å²) in [5.41, 5.74) is 2.34. The van der Waals surface area contributed by atoms with Crippen LogP contribution < -0.4 is 15.4 Å². The van der Waals surface area contributed by atoms with E-state index in [4.69, 9.17) is 4.74 Å². The van der Waals surface area contributed by atoms with Crippen molar-refractivity contribution >= 4 is 18.3 Å². The van der Waals surface area contributed by atoms with Gasteiger partial charge in [-0.25, -0.2) is 0 Å². The maximum atomic E-state index is 11.8. The molecule has 0 fully saturated rings. The highest BCUT2D eigenvalue weighted by Gasteiger charge is 2.13. The number of hydrogen-bond acceptors (Lipinski definition) is 3. The Hall–Kier alpha value is -2.04. The van der Waals surface area contributed by atoms with Crippen LogP contribution in [0.5, 0.6) is 5.75 Å². The zero-order chi connectivity index (χ0) is 19.7. The van der Waals surface area contributed by atoms with Crippen molar-refractivity contribution in [2.45, 2.75) is 58.7 Å². The highest BCUT2D eigenvalue weighted by Crippen LogP contribution is 2.13. The van der Waals surface area contributed by atoms with Crippen LogP contribution in [0.3, 0.4) is 0 Å². The van der Waals surface area contributed by atoms with Crippen LogP contribution in [0, 0.1) is 0 Å². The van der Waals surface area contributed by atoms with Gasteiger partial charge in [0.05, 0.1) is 0 Å². The summed E-state index contributed by atoms with van der Waals surface area (Å²) in [5, 5.41) is 6.44. The number of halogens is 1. The molecule has 0 bridgehead atoms. The summed E-state index contributed by atoms with van der Waals surface area (Å²) in [6.07, 6.45) is 2.19. The Bertz CT molecular complexity index is 697. The number of carbonyl (C=O) groups excluding carboxylic acids is 1. The van der Waals surface area contributed by atoms with E-state index in [0.29, 0.717) is 11.8 Å². The molecule has 1 unspecified atom stereocenters. The molecule has 0 aliphatic heterocycles. The minimum absolute atomic E-state index is 0. The van der Waals surface area contributed by atoms with Crippen LogP contribution in [0.15, 0.2) is 54.6 Å². The molecule has 4 nitrogen and oxygen atoms in total. The molecule has 2 aromatic carbocycles. The summed E-state index contributed by atoms with van der Waals surface area (Å²) in [6, 6.07) is 18.9. The van der Waals surface area contributed by atoms with Gasteiger partial charge in [0.25, 0.3) is 5.91 Å².